The molecule has 11 nitrogen and oxygen atoms in total. The second kappa shape index (κ2) is 14.4. The number of carbonyl (C=O) groups excluding carboxylic acids is 2. The van der Waals surface area contributed by atoms with E-state index in [1.54, 1.807) is 49.4 Å². The highest BCUT2D eigenvalue weighted by Crippen LogP contribution is 2.27. The van der Waals surface area contributed by atoms with E-state index in [-0.39, 0.29) is 41.2 Å². The Morgan fingerprint density at radius 2 is 1.57 bits per heavy atom. The molecule has 0 saturated carbocycles. The zero-order valence-electron chi connectivity index (χ0n) is 24.1. The molecule has 3 aromatic carbocycles. The quantitative estimate of drug-likeness (QED) is 0.213. The fourth-order valence-corrected chi connectivity index (χ4v) is 5.71. The normalized spacial score (nSPS) is 12.6. The molecule has 3 aromatic rings. The van der Waals surface area contributed by atoms with Crippen LogP contribution in [0.15, 0.2) is 83.8 Å². The summed E-state index contributed by atoms with van der Waals surface area (Å²) in [6.45, 7) is 4.97. The molecule has 0 aliphatic heterocycles. The van der Waals surface area contributed by atoms with E-state index >= 15 is 0 Å². The summed E-state index contributed by atoms with van der Waals surface area (Å²) in [5, 5.41) is 14.1. The van der Waals surface area contributed by atoms with Crippen molar-refractivity contribution in [2.75, 3.05) is 18.0 Å². The lowest BCUT2D eigenvalue weighted by Gasteiger charge is -2.33. The number of carbonyl (C=O) groups is 2. The average molecular weight is 597 g/mol. The van der Waals surface area contributed by atoms with Gasteiger partial charge in [-0.3, -0.25) is 24.0 Å². The SMILES string of the molecule is CC[C@@H](C)NC(=O)[C@@H](CC)N(Cc1ccc(OC)cc1)C(=O)CN(c1ccc([N+](=O)[O-])cc1)S(=O)(=O)c1ccccc1. The minimum atomic E-state index is -4.27. The topological polar surface area (TPSA) is 139 Å². The van der Waals surface area contributed by atoms with E-state index in [1.807, 2.05) is 13.8 Å². The van der Waals surface area contributed by atoms with Crippen molar-refractivity contribution in [2.45, 2.75) is 57.1 Å². The standard InChI is InChI=1S/C30H36N4O7S/c1-5-22(3)31-30(36)28(6-2)32(20-23-12-18-26(41-4)19-13-23)29(35)21-33(24-14-16-25(17-15-24)34(37)38)42(39,40)27-10-8-7-9-11-27/h7-19,22,28H,5-6,20-21H2,1-4H3,(H,31,36)/t22-,28-/m1/s1. The molecule has 0 aromatic heterocycles. The maximum absolute atomic E-state index is 14.1. The summed E-state index contributed by atoms with van der Waals surface area (Å²) in [7, 11) is -2.74. The molecule has 12 heteroatoms. The Kier molecular flexibility index (Phi) is 11.0. The smallest absolute Gasteiger partial charge is 0.269 e. The van der Waals surface area contributed by atoms with Crippen LogP contribution in [0.1, 0.15) is 39.2 Å². The molecule has 0 fully saturated rings. The first-order valence-corrected chi connectivity index (χ1v) is 15.0. The van der Waals surface area contributed by atoms with Gasteiger partial charge >= 0.3 is 0 Å². The Hall–Kier alpha value is -4.45. The average Bonchev–Trinajstić information content (AvgIpc) is 3.00. The molecule has 0 aliphatic rings. The van der Waals surface area contributed by atoms with Crippen molar-refractivity contribution >= 4 is 33.2 Å². The summed E-state index contributed by atoms with van der Waals surface area (Å²) >= 11 is 0. The molecular formula is C30H36N4O7S. The second-order valence-corrected chi connectivity index (χ2v) is 11.6. The molecule has 0 saturated heterocycles. The molecule has 0 aliphatic carbocycles. The number of hydrogen-bond acceptors (Lipinski definition) is 7. The first-order valence-electron chi connectivity index (χ1n) is 13.6. The third-order valence-electron chi connectivity index (χ3n) is 6.86. The number of non-ortho nitro benzene ring substituents is 1. The largest absolute Gasteiger partial charge is 0.497 e. The van der Waals surface area contributed by atoms with Crippen LogP contribution in [0.3, 0.4) is 0 Å². The van der Waals surface area contributed by atoms with Crippen molar-refractivity contribution in [3.63, 3.8) is 0 Å². The number of ether oxygens (including phenoxy) is 1. The molecule has 3 rings (SSSR count). The van der Waals surface area contributed by atoms with E-state index in [9.17, 15) is 28.1 Å². The minimum Gasteiger partial charge on any atom is -0.497 e. The molecule has 0 unspecified atom stereocenters. The number of nitro benzene ring substituents is 1. The van der Waals surface area contributed by atoms with Gasteiger partial charge in [0.25, 0.3) is 15.7 Å². The van der Waals surface area contributed by atoms with Gasteiger partial charge in [-0.1, -0.05) is 44.2 Å². The number of anilines is 1. The van der Waals surface area contributed by atoms with Crippen molar-refractivity contribution in [1.82, 2.24) is 10.2 Å². The van der Waals surface area contributed by atoms with Gasteiger partial charge < -0.3 is 15.0 Å². The van der Waals surface area contributed by atoms with Gasteiger partial charge in [-0.15, -0.1) is 0 Å². The predicted octanol–water partition coefficient (Wildman–Crippen LogP) is 4.52. The zero-order chi connectivity index (χ0) is 30.9. The maximum Gasteiger partial charge on any atom is 0.269 e. The lowest BCUT2D eigenvalue weighted by atomic mass is 10.1. The van der Waals surface area contributed by atoms with Crippen LogP contribution < -0.4 is 14.4 Å². The molecule has 2 amide bonds. The highest BCUT2D eigenvalue weighted by atomic mass is 32.2. The van der Waals surface area contributed by atoms with Crippen molar-refractivity contribution in [1.29, 1.82) is 0 Å². The van der Waals surface area contributed by atoms with E-state index in [2.05, 4.69) is 5.32 Å². The summed E-state index contributed by atoms with van der Waals surface area (Å²) in [6, 6.07) is 18.5. The van der Waals surface area contributed by atoms with Crippen LogP contribution in [0.5, 0.6) is 5.75 Å². The third-order valence-corrected chi connectivity index (χ3v) is 8.65. The Morgan fingerprint density at radius 1 is 0.952 bits per heavy atom. The number of nitrogens with zero attached hydrogens (tertiary/aromatic N) is 3. The van der Waals surface area contributed by atoms with Crippen LogP contribution in [0, 0.1) is 10.1 Å². The van der Waals surface area contributed by atoms with Crippen molar-refractivity contribution in [3.05, 3.63) is 94.5 Å². The molecular weight excluding hydrogens is 560 g/mol. The Balaban J connectivity index is 2.06. The Labute approximate surface area is 246 Å². The fourth-order valence-electron chi connectivity index (χ4n) is 4.28. The number of methoxy groups -OCH3 is 1. The summed E-state index contributed by atoms with van der Waals surface area (Å²) in [5.41, 5.74) is 0.557. The van der Waals surface area contributed by atoms with Crippen molar-refractivity contribution in [2.24, 2.45) is 0 Å². The van der Waals surface area contributed by atoms with Crippen LogP contribution in [0.2, 0.25) is 0 Å². The molecule has 1 N–H and O–H groups in total. The number of hydrogen-bond donors (Lipinski definition) is 1. The predicted molar refractivity (Wildman–Crippen MR) is 160 cm³/mol. The monoisotopic (exact) mass is 596 g/mol. The van der Waals surface area contributed by atoms with E-state index in [4.69, 9.17) is 4.74 Å². The Bertz CT molecular complexity index is 1460. The highest BCUT2D eigenvalue weighted by Gasteiger charge is 2.34. The molecule has 0 spiro atoms. The first kappa shape index (κ1) is 32.1. The molecule has 224 valence electrons. The number of sulfonamides is 1. The molecule has 0 radical (unpaired) electrons. The van der Waals surface area contributed by atoms with Gasteiger partial charge in [0.2, 0.25) is 11.8 Å². The van der Waals surface area contributed by atoms with E-state index in [0.29, 0.717) is 17.7 Å². The summed E-state index contributed by atoms with van der Waals surface area (Å²) < 4.78 is 33.8. The van der Waals surface area contributed by atoms with Crippen LogP contribution in [-0.4, -0.2) is 55.8 Å². The molecule has 0 bridgehead atoms. The van der Waals surface area contributed by atoms with Gasteiger partial charge in [0, 0.05) is 24.7 Å². The van der Waals surface area contributed by atoms with Crippen molar-refractivity contribution < 1.29 is 27.7 Å². The van der Waals surface area contributed by atoms with Gasteiger partial charge in [-0.2, -0.15) is 0 Å². The summed E-state index contributed by atoms with van der Waals surface area (Å²) in [6.07, 6.45) is 0.977. The van der Waals surface area contributed by atoms with E-state index < -0.39 is 33.4 Å². The lowest BCUT2D eigenvalue weighted by Crippen LogP contribution is -2.53. The van der Waals surface area contributed by atoms with Crippen molar-refractivity contribution in [3.8, 4) is 5.75 Å². The number of nitrogens with one attached hydrogen (secondary N) is 1. The summed E-state index contributed by atoms with van der Waals surface area (Å²) in [4.78, 5) is 39.4. The van der Waals surface area contributed by atoms with Gasteiger partial charge in [-0.25, -0.2) is 8.42 Å². The molecule has 0 heterocycles. The zero-order valence-corrected chi connectivity index (χ0v) is 24.9. The number of rotatable bonds is 14. The van der Waals surface area contributed by atoms with Crippen LogP contribution >= 0.6 is 0 Å². The van der Waals surface area contributed by atoms with Gasteiger partial charge in [0.1, 0.15) is 18.3 Å². The highest BCUT2D eigenvalue weighted by molar-refractivity contribution is 7.92. The fraction of sp³-hybridized carbons (Fsp3) is 0.333. The van der Waals surface area contributed by atoms with Crippen LogP contribution in [-0.2, 0) is 26.2 Å². The number of nitro groups is 1. The summed E-state index contributed by atoms with van der Waals surface area (Å²) in [5.74, 6) is -0.340. The van der Waals surface area contributed by atoms with E-state index in [1.165, 1.54) is 48.4 Å². The van der Waals surface area contributed by atoms with Crippen LogP contribution in [0.25, 0.3) is 0 Å². The minimum absolute atomic E-state index is 0.0365. The number of amides is 2. The molecule has 2 atom stereocenters. The Morgan fingerprint density at radius 3 is 2.10 bits per heavy atom. The third kappa shape index (κ3) is 7.84. The maximum atomic E-state index is 14.1. The van der Waals surface area contributed by atoms with Crippen LogP contribution in [0.4, 0.5) is 11.4 Å². The van der Waals surface area contributed by atoms with Gasteiger partial charge in [-0.05, 0) is 61.7 Å². The molecule has 42 heavy (non-hydrogen) atoms. The van der Waals surface area contributed by atoms with Gasteiger partial charge in [0.05, 0.1) is 22.6 Å². The first-order chi connectivity index (χ1) is 20.0. The lowest BCUT2D eigenvalue weighted by molar-refractivity contribution is -0.384. The second-order valence-electron chi connectivity index (χ2n) is 9.71. The van der Waals surface area contributed by atoms with E-state index in [0.717, 1.165) is 4.31 Å². The van der Waals surface area contributed by atoms with Gasteiger partial charge in [0.15, 0.2) is 0 Å². The number of benzene rings is 3.